The van der Waals surface area contributed by atoms with Crippen molar-refractivity contribution in [1.29, 1.82) is 0 Å². The molecule has 1 aliphatic heterocycles. The van der Waals surface area contributed by atoms with Gasteiger partial charge in [0.15, 0.2) is 0 Å². The second-order valence-corrected chi connectivity index (χ2v) is 8.28. The summed E-state index contributed by atoms with van der Waals surface area (Å²) in [6.45, 7) is 4.25. The number of nitro groups is 1. The van der Waals surface area contributed by atoms with E-state index in [1.807, 2.05) is 18.2 Å². The lowest BCUT2D eigenvalue weighted by Crippen LogP contribution is -2.35. The van der Waals surface area contributed by atoms with Crippen molar-refractivity contribution in [2.75, 3.05) is 31.1 Å². The second-order valence-electron chi connectivity index (χ2n) is 7.55. The summed E-state index contributed by atoms with van der Waals surface area (Å²) in [5, 5.41) is 12.1. The number of amides is 1. The predicted molar refractivity (Wildman–Crippen MR) is 120 cm³/mol. The molecule has 4 rings (SSSR count). The number of rotatable bonds is 5. The molecule has 0 radical (unpaired) electrons. The van der Waals surface area contributed by atoms with E-state index < -0.39 is 4.92 Å². The Morgan fingerprint density at radius 1 is 1.13 bits per heavy atom. The van der Waals surface area contributed by atoms with Crippen LogP contribution >= 0.6 is 11.5 Å². The number of carbonyl (C=O) groups is 1. The molecule has 9 heteroatoms. The molecular formula is C22H23N5O3S. The van der Waals surface area contributed by atoms with Gasteiger partial charge in [0, 0.05) is 61.3 Å². The van der Waals surface area contributed by atoms with Crippen molar-refractivity contribution >= 4 is 28.3 Å². The fourth-order valence-corrected chi connectivity index (χ4v) is 4.39. The molecule has 0 unspecified atom stereocenters. The molecule has 1 amide bonds. The van der Waals surface area contributed by atoms with Gasteiger partial charge in [-0.25, -0.2) is 4.98 Å². The van der Waals surface area contributed by atoms with Crippen molar-refractivity contribution in [2.24, 2.45) is 0 Å². The van der Waals surface area contributed by atoms with Gasteiger partial charge in [-0.15, -0.1) is 0 Å². The topological polar surface area (TPSA) is 92.5 Å². The summed E-state index contributed by atoms with van der Waals surface area (Å²) in [7, 11) is 0. The Kier molecular flexibility index (Phi) is 6.22. The maximum absolute atomic E-state index is 12.9. The van der Waals surface area contributed by atoms with E-state index in [2.05, 4.69) is 21.4 Å². The SMILES string of the molecule is Cc1ccc(C(=O)N2CCCN(c3nc(Cc4ccccc4)ns3)CC2)cc1[N+](=O)[O-]. The lowest BCUT2D eigenvalue weighted by atomic mass is 10.1. The smallest absolute Gasteiger partial charge is 0.273 e. The number of aryl methyl sites for hydroxylation is 1. The van der Waals surface area contributed by atoms with Crippen LogP contribution < -0.4 is 4.90 Å². The van der Waals surface area contributed by atoms with Crippen LogP contribution in [-0.4, -0.2) is 51.3 Å². The fourth-order valence-electron chi connectivity index (χ4n) is 3.66. The Bertz CT molecular complexity index is 1090. The van der Waals surface area contributed by atoms with Gasteiger partial charge in [-0.2, -0.15) is 4.37 Å². The average molecular weight is 438 g/mol. The predicted octanol–water partition coefficient (Wildman–Crippen LogP) is 3.70. The van der Waals surface area contributed by atoms with Crippen LogP contribution in [0.5, 0.6) is 0 Å². The third-order valence-corrected chi connectivity index (χ3v) is 6.18. The molecule has 1 aromatic heterocycles. The third-order valence-electron chi connectivity index (χ3n) is 5.37. The summed E-state index contributed by atoms with van der Waals surface area (Å²) in [6, 6.07) is 14.8. The van der Waals surface area contributed by atoms with Gasteiger partial charge in [-0.1, -0.05) is 36.4 Å². The van der Waals surface area contributed by atoms with E-state index in [1.54, 1.807) is 24.0 Å². The van der Waals surface area contributed by atoms with E-state index in [0.29, 0.717) is 37.2 Å². The first-order valence-corrected chi connectivity index (χ1v) is 10.9. The Hall–Kier alpha value is -3.33. The number of hydrogen-bond acceptors (Lipinski definition) is 7. The molecule has 1 fully saturated rings. The monoisotopic (exact) mass is 437 g/mol. The zero-order chi connectivity index (χ0) is 21.8. The molecule has 0 bridgehead atoms. The summed E-state index contributed by atoms with van der Waals surface area (Å²) in [4.78, 5) is 32.3. The highest BCUT2D eigenvalue weighted by Crippen LogP contribution is 2.23. The van der Waals surface area contributed by atoms with Crippen molar-refractivity contribution in [2.45, 2.75) is 19.8 Å². The lowest BCUT2D eigenvalue weighted by Gasteiger charge is -2.21. The Balaban J connectivity index is 1.41. The summed E-state index contributed by atoms with van der Waals surface area (Å²) in [6.07, 6.45) is 1.50. The average Bonchev–Trinajstić information content (AvgIpc) is 3.09. The molecule has 3 aromatic rings. The summed E-state index contributed by atoms with van der Waals surface area (Å²) >= 11 is 1.38. The zero-order valence-corrected chi connectivity index (χ0v) is 18.0. The first-order chi connectivity index (χ1) is 15.0. The number of nitro benzene ring substituents is 1. The molecule has 0 saturated carbocycles. The third kappa shape index (κ3) is 4.88. The molecule has 0 aliphatic carbocycles. The molecule has 160 valence electrons. The van der Waals surface area contributed by atoms with Gasteiger partial charge >= 0.3 is 0 Å². The molecule has 0 N–H and O–H groups in total. The normalized spacial score (nSPS) is 14.4. The molecule has 31 heavy (non-hydrogen) atoms. The van der Waals surface area contributed by atoms with E-state index in [4.69, 9.17) is 4.98 Å². The van der Waals surface area contributed by atoms with Crippen molar-refractivity contribution in [3.05, 3.63) is 81.2 Å². The highest BCUT2D eigenvalue weighted by atomic mass is 32.1. The summed E-state index contributed by atoms with van der Waals surface area (Å²) in [5.74, 6) is 0.627. The molecule has 1 aliphatic rings. The maximum Gasteiger partial charge on any atom is 0.273 e. The van der Waals surface area contributed by atoms with Gasteiger partial charge < -0.3 is 9.80 Å². The molecule has 2 heterocycles. The van der Waals surface area contributed by atoms with Crippen LogP contribution in [0.15, 0.2) is 48.5 Å². The van der Waals surface area contributed by atoms with E-state index in [9.17, 15) is 14.9 Å². The summed E-state index contributed by atoms with van der Waals surface area (Å²) < 4.78 is 4.50. The molecule has 2 aromatic carbocycles. The zero-order valence-electron chi connectivity index (χ0n) is 17.2. The van der Waals surface area contributed by atoms with Crippen molar-refractivity contribution in [3.8, 4) is 0 Å². The Morgan fingerprint density at radius 2 is 1.94 bits per heavy atom. The fraction of sp³-hybridized carbons (Fsp3) is 0.318. The van der Waals surface area contributed by atoms with Gasteiger partial charge in [-0.05, 0) is 25.0 Å². The van der Waals surface area contributed by atoms with E-state index in [0.717, 1.165) is 23.9 Å². The Morgan fingerprint density at radius 3 is 2.71 bits per heavy atom. The van der Waals surface area contributed by atoms with Gasteiger partial charge in [0.1, 0.15) is 5.82 Å². The molecule has 8 nitrogen and oxygen atoms in total. The van der Waals surface area contributed by atoms with Crippen LogP contribution in [0.2, 0.25) is 0 Å². The molecule has 1 saturated heterocycles. The first-order valence-electron chi connectivity index (χ1n) is 10.2. The number of nitrogens with zero attached hydrogens (tertiary/aromatic N) is 5. The number of benzene rings is 2. The van der Waals surface area contributed by atoms with Crippen LogP contribution in [-0.2, 0) is 6.42 Å². The van der Waals surface area contributed by atoms with Crippen LogP contribution in [0.1, 0.15) is 33.7 Å². The minimum absolute atomic E-state index is 0.0258. The van der Waals surface area contributed by atoms with Crippen LogP contribution in [0.3, 0.4) is 0 Å². The van der Waals surface area contributed by atoms with Crippen molar-refractivity contribution in [1.82, 2.24) is 14.3 Å². The highest BCUT2D eigenvalue weighted by Gasteiger charge is 2.24. The second kappa shape index (κ2) is 9.22. The van der Waals surface area contributed by atoms with Gasteiger partial charge in [0.2, 0.25) is 5.13 Å². The van der Waals surface area contributed by atoms with Crippen LogP contribution in [0.25, 0.3) is 0 Å². The van der Waals surface area contributed by atoms with Crippen LogP contribution in [0.4, 0.5) is 10.8 Å². The van der Waals surface area contributed by atoms with Crippen molar-refractivity contribution in [3.63, 3.8) is 0 Å². The lowest BCUT2D eigenvalue weighted by molar-refractivity contribution is -0.385. The van der Waals surface area contributed by atoms with Crippen LogP contribution in [0, 0.1) is 17.0 Å². The number of anilines is 1. The number of carbonyl (C=O) groups excluding carboxylic acids is 1. The largest absolute Gasteiger partial charge is 0.345 e. The minimum atomic E-state index is -0.446. The Labute approximate surface area is 184 Å². The van der Waals surface area contributed by atoms with Gasteiger partial charge in [0.25, 0.3) is 11.6 Å². The molecule has 0 atom stereocenters. The van der Waals surface area contributed by atoms with E-state index >= 15 is 0 Å². The molecular weight excluding hydrogens is 414 g/mol. The first kappa shape index (κ1) is 20.9. The van der Waals surface area contributed by atoms with Crippen molar-refractivity contribution < 1.29 is 9.72 Å². The summed E-state index contributed by atoms with van der Waals surface area (Å²) in [5.41, 5.74) is 2.05. The number of aromatic nitrogens is 2. The van der Waals surface area contributed by atoms with E-state index in [-0.39, 0.29) is 11.6 Å². The standard InChI is InChI=1S/C22H23N5O3S/c1-16-8-9-18(15-19(16)27(29)30)21(28)25-10-5-11-26(13-12-25)22-23-20(24-31-22)14-17-6-3-2-4-7-17/h2-4,6-9,15H,5,10-14H2,1H3. The maximum atomic E-state index is 12.9. The number of hydrogen-bond donors (Lipinski definition) is 0. The molecule has 0 spiro atoms. The highest BCUT2D eigenvalue weighted by molar-refractivity contribution is 7.09. The van der Waals surface area contributed by atoms with Gasteiger partial charge in [-0.3, -0.25) is 14.9 Å². The van der Waals surface area contributed by atoms with Gasteiger partial charge in [0.05, 0.1) is 4.92 Å². The quantitative estimate of drug-likeness (QED) is 0.446. The van der Waals surface area contributed by atoms with E-state index in [1.165, 1.54) is 23.2 Å². The minimum Gasteiger partial charge on any atom is -0.345 e.